The average Bonchev–Trinajstić information content (AvgIpc) is 3.11. The number of rotatable bonds is 4. The summed E-state index contributed by atoms with van der Waals surface area (Å²) in [7, 11) is 1.63. The van der Waals surface area contributed by atoms with Gasteiger partial charge in [0.2, 0.25) is 0 Å². The number of aromatic nitrogens is 3. The van der Waals surface area contributed by atoms with Crippen molar-refractivity contribution in [1.82, 2.24) is 19.9 Å². The zero-order chi connectivity index (χ0) is 17.9. The molecule has 1 amide bonds. The number of hydrogen-bond donors (Lipinski definition) is 1. The van der Waals surface area contributed by atoms with Gasteiger partial charge in [-0.2, -0.15) is 0 Å². The molecule has 1 saturated carbocycles. The molecule has 1 aliphatic carbocycles. The SMILES string of the molecule is COc1ccccc1-c1nnc2ccc(C(=O)NC3CCCCC3)cn12. The summed E-state index contributed by atoms with van der Waals surface area (Å²) >= 11 is 0. The maximum Gasteiger partial charge on any atom is 0.252 e. The molecule has 0 aliphatic heterocycles. The summed E-state index contributed by atoms with van der Waals surface area (Å²) in [6.07, 6.45) is 7.57. The summed E-state index contributed by atoms with van der Waals surface area (Å²) in [4.78, 5) is 12.7. The number of fused-ring (bicyclic) bond motifs is 1. The van der Waals surface area contributed by atoms with Crippen LogP contribution < -0.4 is 10.1 Å². The van der Waals surface area contributed by atoms with E-state index in [-0.39, 0.29) is 11.9 Å². The van der Waals surface area contributed by atoms with Crippen LogP contribution in [0.1, 0.15) is 42.5 Å². The minimum absolute atomic E-state index is 0.0431. The minimum Gasteiger partial charge on any atom is -0.496 e. The van der Waals surface area contributed by atoms with Crippen LogP contribution in [0.25, 0.3) is 17.0 Å². The van der Waals surface area contributed by atoms with Crippen molar-refractivity contribution in [2.75, 3.05) is 7.11 Å². The molecule has 134 valence electrons. The summed E-state index contributed by atoms with van der Waals surface area (Å²) in [5.41, 5.74) is 2.14. The quantitative estimate of drug-likeness (QED) is 0.782. The van der Waals surface area contributed by atoms with Gasteiger partial charge in [-0.15, -0.1) is 10.2 Å². The molecular weight excluding hydrogens is 328 g/mol. The zero-order valence-electron chi connectivity index (χ0n) is 14.8. The van der Waals surface area contributed by atoms with Gasteiger partial charge in [0.15, 0.2) is 11.5 Å². The van der Waals surface area contributed by atoms with Gasteiger partial charge in [-0.25, -0.2) is 0 Å². The van der Waals surface area contributed by atoms with Crippen LogP contribution in [-0.4, -0.2) is 33.7 Å². The molecule has 1 fully saturated rings. The molecule has 0 radical (unpaired) electrons. The smallest absolute Gasteiger partial charge is 0.252 e. The van der Waals surface area contributed by atoms with Crippen molar-refractivity contribution < 1.29 is 9.53 Å². The fraction of sp³-hybridized carbons (Fsp3) is 0.350. The number of nitrogens with zero attached hydrogens (tertiary/aromatic N) is 3. The number of amides is 1. The molecule has 0 spiro atoms. The summed E-state index contributed by atoms with van der Waals surface area (Å²) in [6.45, 7) is 0. The van der Waals surface area contributed by atoms with E-state index >= 15 is 0 Å². The van der Waals surface area contributed by atoms with Crippen molar-refractivity contribution in [3.63, 3.8) is 0 Å². The molecule has 26 heavy (non-hydrogen) atoms. The Morgan fingerprint density at radius 3 is 2.73 bits per heavy atom. The van der Waals surface area contributed by atoms with Gasteiger partial charge in [0.05, 0.1) is 18.2 Å². The Labute approximate surface area is 152 Å². The number of carbonyl (C=O) groups is 1. The molecule has 4 rings (SSSR count). The number of hydrogen-bond acceptors (Lipinski definition) is 4. The molecule has 6 heteroatoms. The predicted molar refractivity (Wildman–Crippen MR) is 99.3 cm³/mol. The van der Waals surface area contributed by atoms with E-state index in [0.717, 1.165) is 24.2 Å². The number of nitrogens with one attached hydrogen (secondary N) is 1. The van der Waals surface area contributed by atoms with Gasteiger partial charge in [-0.05, 0) is 37.1 Å². The third-order valence-electron chi connectivity index (χ3n) is 4.95. The van der Waals surface area contributed by atoms with E-state index in [2.05, 4.69) is 15.5 Å². The van der Waals surface area contributed by atoms with Crippen molar-refractivity contribution in [1.29, 1.82) is 0 Å². The predicted octanol–water partition coefficient (Wildman–Crippen LogP) is 3.47. The highest BCUT2D eigenvalue weighted by Crippen LogP contribution is 2.28. The molecular formula is C20H22N4O2. The highest BCUT2D eigenvalue weighted by molar-refractivity contribution is 5.94. The number of carbonyl (C=O) groups excluding carboxylic acids is 1. The Balaban J connectivity index is 1.67. The van der Waals surface area contributed by atoms with Gasteiger partial charge in [0.25, 0.3) is 5.91 Å². The summed E-state index contributed by atoms with van der Waals surface area (Å²) < 4.78 is 7.28. The lowest BCUT2D eigenvalue weighted by Crippen LogP contribution is -2.36. The van der Waals surface area contributed by atoms with E-state index < -0.39 is 0 Å². The summed E-state index contributed by atoms with van der Waals surface area (Å²) in [5.74, 6) is 1.34. The summed E-state index contributed by atoms with van der Waals surface area (Å²) in [5, 5.41) is 11.7. The van der Waals surface area contributed by atoms with Crippen LogP contribution >= 0.6 is 0 Å². The Bertz CT molecular complexity index is 928. The topological polar surface area (TPSA) is 68.5 Å². The highest BCUT2D eigenvalue weighted by Gasteiger charge is 2.18. The molecule has 1 aliphatic rings. The fourth-order valence-electron chi connectivity index (χ4n) is 3.55. The van der Waals surface area contributed by atoms with Gasteiger partial charge < -0.3 is 10.1 Å². The maximum absolute atomic E-state index is 12.7. The second kappa shape index (κ2) is 7.15. The molecule has 6 nitrogen and oxygen atoms in total. The maximum atomic E-state index is 12.7. The van der Waals surface area contributed by atoms with E-state index in [9.17, 15) is 4.79 Å². The molecule has 2 aromatic heterocycles. The third kappa shape index (κ3) is 3.14. The minimum atomic E-state index is -0.0431. The van der Waals surface area contributed by atoms with Crippen molar-refractivity contribution in [2.24, 2.45) is 0 Å². The number of ether oxygens (including phenoxy) is 1. The van der Waals surface area contributed by atoms with Gasteiger partial charge >= 0.3 is 0 Å². The first-order valence-electron chi connectivity index (χ1n) is 9.05. The van der Waals surface area contributed by atoms with E-state index in [4.69, 9.17) is 4.74 Å². The van der Waals surface area contributed by atoms with E-state index in [1.165, 1.54) is 19.3 Å². The van der Waals surface area contributed by atoms with Gasteiger partial charge in [-0.3, -0.25) is 9.20 Å². The molecule has 0 atom stereocenters. The van der Waals surface area contributed by atoms with E-state index in [0.29, 0.717) is 17.0 Å². The number of pyridine rings is 1. The van der Waals surface area contributed by atoms with Crippen LogP contribution in [0, 0.1) is 0 Å². The monoisotopic (exact) mass is 350 g/mol. The van der Waals surface area contributed by atoms with Crippen LogP contribution in [0.4, 0.5) is 0 Å². The highest BCUT2D eigenvalue weighted by atomic mass is 16.5. The van der Waals surface area contributed by atoms with Crippen LogP contribution in [-0.2, 0) is 0 Å². The first-order valence-corrected chi connectivity index (χ1v) is 9.05. The summed E-state index contributed by atoms with van der Waals surface area (Å²) in [6, 6.07) is 11.6. The second-order valence-corrected chi connectivity index (χ2v) is 6.68. The zero-order valence-corrected chi connectivity index (χ0v) is 14.8. The Kier molecular flexibility index (Phi) is 4.56. The van der Waals surface area contributed by atoms with Crippen molar-refractivity contribution >= 4 is 11.6 Å². The molecule has 0 unspecified atom stereocenters. The second-order valence-electron chi connectivity index (χ2n) is 6.68. The van der Waals surface area contributed by atoms with E-state index in [1.807, 2.05) is 34.7 Å². The number of para-hydroxylation sites is 1. The van der Waals surface area contributed by atoms with Crippen LogP contribution in [0.15, 0.2) is 42.6 Å². The van der Waals surface area contributed by atoms with E-state index in [1.54, 1.807) is 19.4 Å². The van der Waals surface area contributed by atoms with Crippen molar-refractivity contribution in [3.8, 4) is 17.1 Å². The van der Waals surface area contributed by atoms with Gasteiger partial charge in [-0.1, -0.05) is 31.4 Å². The average molecular weight is 350 g/mol. The Morgan fingerprint density at radius 2 is 1.92 bits per heavy atom. The Hall–Kier alpha value is -2.89. The molecule has 2 heterocycles. The van der Waals surface area contributed by atoms with Crippen LogP contribution in [0.5, 0.6) is 5.75 Å². The normalized spacial score (nSPS) is 15.1. The largest absolute Gasteiger partial charge is 0.496 e. The molecule has 3 aromatic rings. The molecule has 0 bridgehead atoms. The third-order valence-corrected chi connectivity index (χ3v) is 4.95. The molecule has 0 saturated heterocycles. The fourth-order valence-corrected chi connectivity index (χ4v) is 3.55. The standard InChI is InChI=1S/C20H22N4O2/c1-26-17-10-6-5-9-16(17)19-23-22-18-12-11-14(13-24(18)19)20(25)21-15-7-3-2-4-8-15/h5-6,9-13,15H,2-4,7-8H2,1H3,(H,21,25). The van der Waals surface area contributed by atoms with Gasteiger partial charge in [0.1, 0.15) is 5.75 Å². The van der Waals surface area contributed by atoms with Crippen molar-refractivity contribution in [3.05, 3.63) is 48.2 Å². The lowest BCUT2D eigenvalue weighted by Gasteiger charge is -2.22. The first kappa shape index (κ1) is 16.6. The molecule has 1 aromatic carbocycles. The van der Waals surface area contributed by atoms with Crippen LogP contribution in [0.2, 0.25) is 0 Å². The van der Waals surface area contributed by atoms with Crippen LogP contribution in [0.3, 0.4) is 0 Å². The first-order chi connectivity index (χ1) is 12.8. The lowest BCUT2D eigenvalue weighted by atomic mass is 9.95. The molecule has 1 N–H and O–H groups in total. The Morgan fingerprint density at radius 1 is 1.12 bits per heavy atom. The lowest BCUT2D eigenvalue weighted by molar-refractivity contribution is 0.0927. The number of benzene rings is 1. The number of methoxy groups -OCH3 is 1. The van der Waals surface area contributed by atoms with Crippen molar-refractivity contribution in [2.45, 2.75) is 38.1 Å². The van der Waals surface area contributed by atoms with Gasteiger partial charge in [0, 0.05) is 12.2 Å².